The van der Waals surface area contributed by atoms with E-state index in [-0.39, 0.29) is 17.3 Å². The minimum Gasteiger partial charge on any atom is -0.341 e. The van der Waals surface area contributed by atoms with Crippen LogP contribution in [0.15, 0.2) is 4.90 Å². The number of hydrogen-bond acceptors (Lipinski definition) is 4. The summed E-state index contributed by atoms with van der Waals surface area (Å²) in [4.78, 5) is 14.8. The van der Waals surface area contributed by atoms with Crippen LogP contribution in [0.2, 0.25) is 0 Å². The SMILES string of the molecule is Cc1nn(CC(=O)N2CCCCCC2)c(C)c1S(=O)(=O)N1CCCCC1. The molecule has 2 aliphatic heterocycles. The monoisotopic (exact) mass is 382 g/mol. The third-order valence-corrected chi connectivity index (χ3v) is 7.62. The number of aromatic nitrogens is 2. The summed E-state index contributed by atoms with van der Waals surface area (Å²) < 4.78 is 29.2. The summed E-state index contributed by atoms with van der Waals surface area (Å²) in [7, 11) is -3.54. The highest BCUT2D eigenvalue weighted by Gasteiger charge is 2.32. The zero-order valence-electron chi connectivity index (χ0n) is 15.9. The molecule has 2 saturated heterocycles. The first-order valence-electron chi connectivity index (χ1n) is 9.73. The van der Waals surface area contributed by atoms with E-state index in [0.29, 0.717) is 24.5 Å². The summed E-state index contributed by atoms with van der Waals surface area (Å²) in [6.07, 6.45) is 7.30. The standard InChI is InChI=1S/C18H30N4O3S/c1-15-18(26(24,25)21-12-8-5-9-13-21)16(2)22(19-15)14-17(23)20-10-6-3-4-7-11-20/h3-14H2,1-2H3. The summed E-state index contributed by atoms with van der Waals surface area (Å²) >= 11 is 0. The van der Waals surface area contributed by atoms with Gasteiger partial charge in [-0.2, -0.15) is 9.40 Å². The Morgan fingerprint density at radius 3 is 2.08 bits per heavy atom. The molecule has 146 valence electrons. The van der Waals surface area contributed by atoms with E-state index >= 15 is 0 Å². The van der Waals surface area contributed by atoms with Crippen LogP contribution >= 0.6 is 0 Å². The van der Waals surface area contributed by atoms with Gasteiger partial charge in [-0.1, -0.05) is 19.3 Å². The van der Waals surface area contributed by atoms with Gasteiger partial charge < -0.3 is 4.90 Å². The molecule has 0 aliphatic carbocycles. The van der Waals surface area contributed by atoms with Crippen molar-refractivity contribution in [2.75, 3.05) is 26.2 Å². The van der Waals surface area contributed by atoms with Crippen LogP contribution in [0.25, 0.3) is 0 Å². The molecule has 3 rings (SSSR count). The predicted octanol–water partition coefficient (Wildman–Crippen LogP) is 2.08. The lowest BCUT2D eigenvalue weighted by molar-refractivity contribution is -0.132. The minimum absolute atomic E-state index is 0.0272. The quantitative estimate of drug-likeness (QED) is 0.799. The number of amides is 1. The molecule has 0 atom stereocenters. The van der Waals surface area contributed by atoms with Gasteiger partial charge in [0.15, 0.2) is 0 Å². The van der Waals surface area contributed by atoms with Crippen molar-refractivity contribution in [3.05, 3.63) is 11.4 Å². The molecule has 2 fully saturated rings. The molecule has 0 saturated carbocycles. The predicted molar refractivity (Wildman–Crippen MR) is 99.4 cm³/mol. The zero-order chi connectivity index (χ0) is 18.7. The first-order chi connectivity index (χ1) is 12.4. The molecule has 7 nitrogen and oxygen atoms in total. The summed E-state index contributed by atoms with van der Waals surface area (Å²) in [5.74, 6) is 0.0272. The maximum atomic E-state index is 13.1. The second-order valence-electron chi connectivity index (χ2n) is 7.42. The number of aryl methyl sites for hydroxylation is 1. The fraction of sp³-hybridized carbons (Fsp3) is 0.778. The zero-order valence-corrected chi connectivity index (χ0v) is 16.7. The molecule has 1 aromatic rings. The Kier molecular flexibility index (Phi) is 6.02. The fourth-order valence-corrected chi connectivity index (χ4v) is 5.88. The summed E-state index contributed by atoms with van der Waals surface area (Å²) in [5.41, 5.74) is 1.05. The van der Waals surface area contributed by atoms with Crippen LogP contribution in [-0.4, -0.2) is 59.5 Å². The van der Waals surface area contributed by atoms with Crippen molar-refractivity contribution >= 4 is 15.9 Å². The average molecular weight is 383 g/mol. The van der Waals surface area contributed by atoms with Crippen LogP contribution in [0.3, 0.4) is 0 Å². The highest BCUT2D eigenvalue weighted by atomic mass is 32.2. The number of rotatable bonds is 4. The van der Waals surface area contributed by atoms with Crippen LogP contribution in [0, 0.1) is 13.8 Å². The topological polar surface area (TPSA) is 75.5 Å². The minimum atomic E-state index is -3.54. The number of sulfonamides is 1. The maximum Gasteiger partial charge on any atom is 0.246 e. The largest absolute Gasteiger partial charge is 0.341 e. The fourth-order valence-electron chi connectivity index (χ4n) is 3.99. The molecular weight excluding hydrogens is 352 g/mol. The Balaban J connectivity index is 1.80. The van der Waals surface area contributed by atoms with Gasteiger partial charge in [-0.05, 0) is 39.5 Å². The van der Waals surface area contributed by atoms with Crippen molar-refractivity contribution < 1.29 is 13.2 Å². The molecule has 0 radical (unpaired) electrons. The molecule has 0 spiro atoms. The van der Waals surface area contributed by atoms with E-state index in [2.05, 4.69) is 5.10 Å². The lowest BCUT2D eigenvalue weighted by Crippen LogP contribution is -2.36. The smallest absolute Gasteiger partial charge is 0.246 e. The lowest BCUT2D eigenvalue weighted by atomic mass is 10.2. The van der Waals surface area contributed by atoms with E-state index in [1.807, 2.05) is 4.90 Å². The third-order valence-electron chi connectivity index (χ3n) is 5.47. The molecule has 0 aromatic carbocycles. The van der Waals surface area contributed by atoms with Crippen LogP contribution in [0.4, 0.5) is 0 Å². The van der Waals surface area contributed by atoms with Gasteiger partial charge in [0.05, 0.1) is 11.4 Å². The van der Waals surface area contributed by atoms with Gasteiger partial charge in [-0.3, -0.25) is 9.48 Å². The van der Waals surface area contributed by atoms with Crippen molar-refractivity contribution in [3.63, 3.8) is 0 Å². The van der Waals surface area contributed by atoms with Crippen LogP contribution < -0.4 is 0 Å². The van der Waals surface area contributed by atoms with Crippen LogP contribution in [-0.2, 0) is 21.4 Å². The van der Waals surface area contributed by atoms with E-state index in [1.54, 1.807) is 22.8 Å². The Morgan fingerprint density at radius 1 is 0.923 bits per heavy atom. The average Bonchev–Trinajstić information content (AvgIpc) is 2.82. The second-order valence-corrected chi connectivity index (χ2v) is 9.29. The number of nitrogens with zero attached hydrogens (tertiary/aromatic N) is 4. The molecule has 0 bridgehead atoms. The Labute approximate surface area is 156 Å². The third kappa shape index (κ3) is 3.96. The molecule has 3 heterocycles. The molecule has 0 unspecified atom stereocenters. The van der Waals surface area contributed by atoms with E-state index < -0.39 is 10.0 Å². The van der Waals surface area contributed by atoms with Gasteiger partial charge in [-0.15, -0.1) is 0 Å². The number of likely N-dealkylation sites (tertiary alicyclic amines) is 1. The normalized spacial score (nSPS) is 20.2. The van der Waals surface area contributed by atoms with Gasteiger partial charge in [0.25, 0.3) is 0 Å². The first-order valence-corrected chi connectivity index (χ1v) is 11.2. The second kappa shape index (κ2) is 8.08. The number of piperidine rings is 1. The molecular formula is C18H30N4O3S. The van der Waals surface area contributed by atoms with Gasteiger partial charge in [0, 0.05) is 26.2 Å². The van der Waals surface area contributed by atoms with E-state index in [0.717, 1.165) is 45.2 Å². The molecule has 0 N–H and O–H groups in total. The molecule has 1 aromatic heterocycles. The van der Waals surface area contributed by atoms with Gasteiger partial charge in [0.2, 0.25) is 15.9 Å². The number of carbonyl (C=O) groups is 1. The Morgan fingerprint density at radius 2 is 1.46 bits per heavy atom. The summed E-state index contributed by atoms with van der Waals surface area (Å²) in [5, 5.41) is 4.39. The van der Waals surface area contributed by atoms with Gasteiger partial charge in [-0.25, -0.2) is 8.42 Å². The molecule has 26 heavy (non-hydrogen) atoms. The van der Waals surface area contributed by atoms with E-state index in [4.69, 9.17) is 0 Å². The van der Waals surface area contributed by atoms with Crippen LogP contribution in [0.1, 0.15) is 56.3 Å². The Bertz CT molecular complexity index is 743. The summed E-state index contributed by atoms with van der Waals surface area (Å²) in [6.45, 7) is 6.30. The van der Waals surface area contributed by atoms with Crippen molar-refractivity contribution in [1.82, 2.24) is 19.0 Å². The van der Waals surface area contributed by atoms with Gasteiger partial charge in [0.1, 0.15) is 11.4 Å². The van der Waals surface area contributed by atoms with Crippen molar-refractivity contribution in [2.45, 2.75) is 70.2 Å². The van der Waals surface area contributed by atoms with Crippen LogP contribution in [0.5, 0.6) is 0 Å². The van der Waals surface area contributed by atoms with E-state index in [9.17, 15) is 13.2 Å². The highest BCUT2D eigenvalue weighted by molar-refractivity contribution is 7.89. The number of hydrogen-bond donors (Lipinski definition) is 0. The number of carbonyl (C=O) groups excluding carboxylic acids is 1. The lowest BCUT2D eigenvalue weighted by Gasteiger charge is -2.26. The first kappa shape index (κ1) is 19.4. The van der Waals surface area contributed by atoms with Gasteiger partial charge >= 0.3 is 0 Å². The van der Waals surface area contributed by atoms with Crippen molar-refractivity contribution in [3.8, 4) is 0 Å². The molecule has 8 heteroatoms. The Hall–Kier alpha value is -1.41. The van der Waals surface area contributed by atoms with E-state index in [1.165, 1.54) is 12.8 Å². The highest BCUT2D eigenvalue weighted by Crippen LogP contribution is 2.26. The van der Waals surface area contributed by atoms with Crippen molar-refractivity contribution in [2.24, 2.45) is 0 Å². The van der Waals surface area contributed by atoms with Crippen molar-refractivity contribution in [1.29, 1.82) is 0 Å². The summed E-state index contributed by atoms with van der Waals surface area (Å²) in [6, 6.07) is 0. The molecule has 2 aliphatic rings. The molecule has 1 amide bonds. The maximum absolute atomic E-state index is 13.1.